The van der Waals surface area contributed by atoms with E-state index >= 15 is 0 Å². The molecule has 3 aromatic rings. The Balaban J connectivity index is 1.69. The minimum atomic E-state index is -1.81. The smallest absolute Gasteiger partial charge is 0.342 e. The molecule has 0 spiro atoms. The van der Waals surface area contributed by atoms with Crippen molar-refractivity contribution in [1.29, 1.82) is 0 Å². The Labute approximate surface area is 165 Å². The summed E-state index contributed by atoms with van der Waals surface area (Å²) in [5.74, 6) is -1.17. The number of carbonyl (C=O) groups excluding carboxylic acids is 1. The van der Waals surface area contributed by atoms with Gasteiger partial charge in [0.25, 0.3) is 5.79 Å². The number of benzene rings is 2. The van der Waals surface area contributed by atoms with Gasteiger partial charge in [-0.2, -0.15) is 11.3 Å². The molecule has 2 aromatic carbocycles. The minimum absolute atomic E-state index is 0.151. The van der Waals surface area contributed by atoms with Crippen molar-refractivity contribution >= 4 is 22.9 Å². The highest BCUT2D eigenvalue weighted by Gasteiger charge is 2.48. The van der Waals surface area contributed by atoms with Crippen LogP contribution in [0.15, 0.2) is 70.9 Å². The molecule has 0 saturated carbocycles. The van der Waals surface area contributed by atoms with E-state index in [9.17, 15) is 9.90 Å². The van der Waals surface area contributed by atoms with Gasteiger partial charge in [-0.15, -0.1) is 0 Å². The molecule has 6 heteroatoms. The van der Waals surface area contributed by atoms with Crippen LogP contribution < -0.4 is 9.47 Å². The van der Waals surface area contributed by atoms with Crippen molar-refractivity contribution in [3.63, 3.8) is 0 Å². The standard InChI is InChI=1S/C22H16O5S/c23-21-20(15-6-7-18-19(11-15)26-13-25-18)17(10-14-8-9-28-12-14)22(24,27-21)16-4-2-1-3-5-16/h1-9,11-12,24H,10,13H2. The average molecular weight is 392 g/mol. The third-order valence-electron chi connectivity index (χ3n) is 4.94. The first-order valence-corrected chi connectivity index (χ1v) is 9.75. The number of fused-ring (bicyclic) bond motifs is 1. The van der Waals surface area contributed by atoms with Gasteiger partial charge in [-0.05, 0) is 40.1 Å². The first-order valence-electron chi connectivity index (χ1n) is 8.81. The second-order valence-corrected chi connectivity index (χ2v) is 7.41. The molecule has 1 N–H and O–H groups in total. The molecule has 5 nitrogen and oxygen atoms in total. The van der Waals surface area contributed by atoms with Crippen LogP contribution in [-0.2, 0) is 21.7 Å². The van der Waals surface area contributed by atoms with E-state index in [0.29, 0.717) is 40.2 Å². The summed E-state index contributed by atoms with van der Waals surface area (Å²) in [6.07, 6.45) is 0.393. The molecule has 0 saturated heterocycles. The van der Waals surface area contributed by atoms with E-state index in [2.05, 4.69) is 0 Å². The molecule has 28 heavy (non-hydrogen) atoms. The Kier molecular flexibility index (Phi) is 3.96. The van der Waals surface area contributed by atoms with Gasteiger partial charge in [0, 0.05) is 17.6 Å². The van der Waals surface area contributed by atoms with E-state index < -0.39 is 11.8 Å². The highest BCUT2D eigenvalue weighted by atomic mass is 32.1. The normalized spacial score (nSPS) is 20.5. The Morgan fingerprint density at radius 1 is 1.04 bits per heavy atom. The summed E-state index contributed by atoms with van der Waals surface area (Å²) in [7, 11) is 0. The summed E-state index contributed by atoms with van der Waals surface area (Å²) in [6.45, 7) is 0.151. The molecule has 1 unspecified atom stereocenters. The number of thiophene rings is 1. The van der Waals surface area contributed by atoms with Gasteiger partial charge >= 0.3 is 5.97 Å². The van der Waals surface area contributed by atoms with Gasteiger partial charge in [0.15, 0.2) is 11.5 Å². The predicted molar refractivity (Wildman–Crippen MR) is 104 cm³/mol. The summed E-state index contributed by atoms with van der Waals surface area (Å²) < 4.78 is 16.4. The highest BCUT2D eigenvalue weighted by molar-refractivity contribution is 7.07. The summed E-state index contributed by atoms with van der Waals surface area (Å²) in [4.78, 5) is 12.9. The van der Waals surface area contributed by atoms with Crippen molar-refractivity contribution in [3.8, 4) is 11.5 Å². The Bertz CT molecular complexity index is 1070. The maximum atomic E-state index is 12.9. The van der Waals surface area contributed by atoms with Crippen LogP contribution in [0.2, 0.25) is 0 Å². The van der Waals surface area contributed by atoms with Crippen LogP contribution in [0.3, 0.4) is 0 Å². The number of cyclic esters (lactones) is 1. The second kappa shape index (κ2) is 6.51. The van der Waals surface area contributed by atoms with Crippen molar-refractivity contribution in [2.75, 3.05) is 6.79 Å². The van der Waals surface area contributed by atoms with Crippen LogP contribution in [0.1, 0.15) is 16.7 Å². The maximum absolute atomic E-state index is 12.9. The largest absolute Gasteiger partial charge is 0.454 e. The van der Waals surface area contributed by atoms with Crippen molar-refractivity contribution in [3.05, 3.63) is 87.6 Å². The van der Waals surface area contributed by atoms with Gasteiger partial charge in [0.05, 0.1) is 5.57 Å². The first-order chi connectivity index (χ1) is 13.6. The minimum Gasteiger partial charge on any atom is -0.454 e. The molecular weight excluding hydrogens is 376 g/mol. The third kappa shape index (κ3) is 2.69. The fraction of sp³-hybridized carbons (Fsp3) is 0.136. The second-order valence-electron chi connectivity index (χ2n) is 6.63. The van der Waals surface area contributed by atoms with Crippen LogP contribution in [0, 0.1) is 0 Å². The Morgan fingerprint density at radius 3 is 2.64 bits per heavy atom. The number of hydrogen-bond donors (Lipinski definition) is 1. The van der Waals surface area contributed by atoms with Crippen LogP contribution in [0.5, 0.6) is 11.5 Å². The average Bonchev–Trinajstić information content (AvgIpc) is 3.43. The van der Waals surface area contributed by atoms with Gasteiger partial charge in [-0.25, -0.2) is 4.79 Å². The van der Waals surface area contributed by atoms with Crippen LogP contribution in [0.4, 0.5) is 0 Å². The SMILES string of the molecule is O=C1OC(O)(c2ccccc2)C(Cc2ccsc2)=C1c1ccc2c(c1)OCO2. The zero-order valence-corrected chi connectivity index (χ0v) is 15.6. The molecule has 5 rings (SSSR count). The monoisotopic (exact) mass is 392 g/mol. The van der Waals surface area contributed by atoms with E-state index in [1.54, 1.807) is 41.7 Å². The number of hydrogen-bond acceptors (Lipinski definition) is 6. The molecule has 140 valence electrons. The fourth-order valence-electron chi connectivity index (χ4n) is 3.59. The zero-order chi connectivity index (χ0) is 19.1. The van der Waals surface area contributed by atoms with Crippen LogP contribution >= 0.6 is 11.3 Å². The van der Waals surface area contributed by atoms with Crippen LogP contribution in [-0.4, -0.2) is 17.9 Å². The lowest BCUT2D eigenvalue weighted by Gasteiger charge is -2.25. The Hall–Kier alpha value is -3.09. The van der Waals surface area contributed by atoms with E-state index in [1.807, 2.05) is 35.0 Å². The van der Waals surface area contributed by atoms with Crippen molar-refractivity contribution in [2.45, 2.75) is 12.2 Å². The third-order valence-corrected chi connectivity index (χ3v) is 5.67. The van der Waals surface area contributed by atoms with E-state index in [1.165, 1.54) is 0 Å². The Morgan fingerprint density at radius 2 is 1.86 bits per heavy atom. The summed E-state index contributed by atoms with van der Waals surface area (Å²) in [5, 5.41) is 15.4. The zero-order valence-electron chi connectivity index (χ0n) is 14.8. The quantitative estimate of drug-likeness (QED) is 0.683. The maximum Gasteiger partial charge on any atom is 0.342 e. The molecule has 0 fully saturated rings. The van der Waals surface area contributed by atoms with Crippen molar-refractivity contribution in [1.82, 2.24) is 0 Å². The van der Waals surface area contributed by atoms with Gasteiger partial charge in [-0.1, -0.05) is 36.4 Å². The number of rotatable bonds is 4. The van der Waals surface area contributed by atoms with Gasteiger partial charge in [-0.3, -0.25) is 0 Å². The van der Waals surface area contributed by atoms with Gasteiger partial charge in [0.2, 0.25) is 6.79 Å². The topological polar surface area (TPSA) is 65.0 Å². The van der Waals surface area contributed by atoms with Gasteiger partial charge in [0.1, 0.15) is 0 Å². The molecule has 1 aromatic heterocycles. The molecule has 0 radical (unpaired) electrons. The molecule has 3 heterocycles. The molecule has 2 aliphatic rings. The molecule has 0 amide bonds. The summed E-state index contributed by atoms with van der Waals surface area (Å²) in [6, 6.07) is 16.3. The fourth-order valence-corrected chi connectivity index (χ4v) is 4.25. The summed E-state index contributed by atoms with van der Waals surface area (Å²) >= 11 is 1.57. The van der Waals surface area contributed by atoms with Crippen LogP contribution in [0.25, 0.3) is 5.57 Å². The molecule has 0 aliphatic carbocycles. The number of aliphatic hydroxyl groups is 1. The van der Waals surface area contributed by atoms with E-state index in [0.717, 1.165) is 5.56 Å². The first kappa shape index (κ1) is 17.0. The highest BCUT2D eigenvalue weighted by Crippen LogP contribution is 2.46. The lowest BCUT2D eigenvalue weighted by molar-refractivity contribution is -0.185. The van der Waals surface area contributed by atoms with Crippen molar-refractivity contribution < 1.29 is 24.1 Å². The number of carbonyl (C=O) groups is 1. The molecule has 2 aliphatic heterocycles. The molecule has 1 atom stereocenters. The number of ether oxygens (including phenoxy) is 3. The predicted octanol–water partition coefficient (Wildman–Crippen LogP) is 3.88. The van der Waals surface area contributed by atoms with E-state index in [-0.39, 0.29) is 6.79 Å². The lowest BCUT2D eigenvalue weighted by Crippen LogP contribution is -2.29. The van der Waals surface area contributed by atoms with E-state index in [4.69, 9.17) is 14.2 Å². The van der Waals surface area contributed by atoms with Gasteiger partial charge < -0.3 is 19.3 Å². The molecular formula is C22H16O5S. The number of esters is 1. The summed E-state index contributed by atoms with van der Waals surface area (Å²) in [5.41, 5.74) is 3.03. The molecule has 0 bridgehead atoms. The lowest BCUT2D eigenvalue weighted by atomic mass is 9.88. The van der Waals surface area contributed by atoms with Crippen molar-refractivity contribution in [2.24, 2.45) is 0 Å².